The minimum absolute atomic E-state index is 0.0908. The van der Waals surface area contributed by atoms with E-state index in [1.54, 1.807) is 24.1 Å². The average molecular weight is 234 g/mol. The highest BCUT2D eigenvalue weighted by molar-refractivity contribution is 5.23. The van der Waals surface area contributed by atoms with Gasteiger partial charge in [-0.1, -0.05) is 5.21 Å². The molecule has 0 radical (unpaired) electrons. The van der Waals surface area contributed by atoms with Crippen LogP contribution in [-0.2, 0) is 7.05 Å². The number of aromatic nitrogens is 5. The number of methoxy groups -OCH3 is 1. The predicted molar refractivity (Wildman–Crippen MR) is 60.5 cm³/mol. The van der Waals surface area contributed by atoms with Crippen molar-refractivity contribution in [2.75, 3.05) is 14.2 Å². The number of nitrogens with zero attached hydrogens (tertiary/aromatic N) is 5. The lowest BCUT2D eigenvalue weighted by molar-refractivity contribution is 0.395. The zero-order valence-electron chi connectivity index (χ0n) is 9.95. The number of aryl methyl sites for hydroxylation is 1. The molecule has 0 aliphatic rings. The maximum atomic E-state index is 5.08. The summed E-state index contributed by atoms with van der Waals surface area (Å²) in [5, 5.41) is 10.9. The van der Waals surface area contributed by atoms with Gasteiger partial charge in [0.15, 0.2) is 0 Å². The molecule has 0 fully saturated rings. The van der Waals surface area contributed by atoms with Crippen LogP contribution in [0.3, 0.4) is 0 Å². The molecule has 0 aromatic carbocycles. The van der Waals surface area contributed by atoms with E-state index in [4.69, 9.17) is 4.74 Å². The summed E-state index contributed by atoms with van der Waals surface area (Å²) in [6.45, 7) is 0. The van der Waals surface area contributed by atoms with Gasteiger partial charge in [0.2, 0.25) is 5.88 Å². The molecule has 0 saturated heterocycles. The van der Waals surface area contributed by atoms with Crippen molar-refractivity contribution in [1.29, 1.82) is 0 Å². The molecule has 2 heterocycles. The second-order valence-corrected chi connectivity index (χ2v) is 3.49. The first-order valence-corrected chi connectivity index (χ1v) is 5.14. The number of nitrogens with one attached hydrogen (secondary N) is 1. The lowest BCUT2D eigenvalue weighted by Crippen LogP contribution is -2.21. The van der Waals surface area contributed by atoms with E-state index in [1.165, 1.54) is 6.33 Å². The van der Waals surface area contributed by atoms with Crippen LogP contribution in [-0.4, -0.2) is 39.1 Å². The highest BCUT2D eigenvalue weighted by atomic mass is 16.5. The van der Waals surface area contributed by atoms with Crippen LogP contribution >= 0.6 is 0 Å². The molecule has 0 amide bonds. The van der Waals surface area contributed by atoms with Gasteiger partial charge in [0.25, 0.3) is 0 Å². The molecule has 2 aromatic heterocycles. The molecule has 2 aromatic rings. The fourth-order valence-electron chi connectivity index (χ4n) is 1.63. The van der Waals surface area contributed by atoms with Crippen LogP contribution in [0.5, 0.6) is 5.88 Å². The molecular formula is C10H14N6O. The third kappa shape index (κ3) is 2.23. The Morgan fingerprint density at radius 2 is 2.24 bits per heavy atom. The summed E-state index contributed by atoms with van der Waals surface area (Å²) < 4.78 is 6.78. The van der Waals surface area contributed by atoms with Crippen molar-refractivity contribution >= 4 is 0 Å². The van der Waals surface area contributed by atoms with Gasteiger partial charge >= 0.3 is 0 Å². The molecule has 1 atom stereocenters. The van der Waals surface area contributed by atoms with Crippen LogP contribution in [0.2, 0.25) is 0 Å². The van der Waals surface area contributed by atoms with Crippen molar-refractivity contribution in [2.24, 2.45) is 7.05 Å². The van der Waals surface area contributed by atoms with Crippen LogP contribution in [0.4, 0.5) is 0 Å². The summed E-state index contributed by atoms with van der Waals surface area (Å²) in [5.74, 6) is 0.533. The highest BCUT2D eigenvalue weighted by Gasteiger charge is 2.18. The van der Waals surface area contributed by atoms with Gasteiger partial charge in [-0.05, 0) is 7.05 Å². The molecule has 1 unspecified atom stereocenters. The summed E-state index contributed by atoms with van der Waals surface area (Å²) in [4.78, 5) is 8.21. The molecule has 2 rings (SSSR count). The van der Waals surface area contributed by atoms with Crippen LogP contribution in [0.1, 0.15) is 17.4 Å². The summed E-state index contributed by atoms with van der Waals surface area (Å²) in [5.41, 5.74) is 1.73. The number of ether oxygens (including phenoxy) is 1. The monoisotopic (exact) mass is 234 g/mol. The third-order valence-electron chi connectivity index (χ3n) is 2.50. The molecule has 0 aliphatic carbocycles. The van der Waals surface area contributed by atoms with Crippen LogP contribution in [0.15, 0.2) is 18.6 Å². The summed E-state index contributed by atoms with van der Waals surface area (Å²) in [7, 11) is 5.27. The largest absolute Gasteiger partial charge is 0.481 e. The lowest BCUT2D eigenvalue weighted by atomic mass is 10.1. The Labute approximate surface area is 98.8 Å². The van der Waals surface area contributed by atoms with E-state index < -0.39 is 0 Å². The van der Waals surface area contributed by atoms with Crippen molar-refractivity contribution in [2.45, 2.75) is 6.04 Å². The van der Waals surface area contributed by atoms with Gasteiger partial charge in [-0.2, -0.15) is 0 Å². The Hall–Kier alpha value is -2.02. The maximum absolute atomic E-state index is 5.08. The van der Waals surface area contributed by atoms with E-state index in [0.717, 1.165) is 11.4 Å². The zero-order chi connectivity index (χ0) is 12.3. The number of rotatable bonds is 4. The van der Waals surface area contributed by atoms with Gasteiger partial charge < -0.3 is 10.1 Å². The van der Waals surface area contributed by atoms with E-state index >= 15 is 0 Å². The molecule has 7 heteroatoms. The van der Waals surface area contributed by atoms with Gasteiger partial charge in [0, 0.05) is 13.1 Å². The predicted octanol–water partition coefficient (Wildman–Crippen LogP) is -0.0775. The van der Waals surface area contributed by atoms with Crippen molar-refractivity contribution in [3.05, 3.63) is 30.0 Å². The third-order valence-corrected chi connectivity index (χ3v) is 2.50. The molecule has 90 valence electrons. The maximum Gasteiger partial charge on any atom is 0.216 e. The van der Waals surface area contributed by atoms with Crippen molar-refractivity contribution in [3.63, 3.8) is 0 Å². The summed E-state index contributed by atoms with van der Waals surface area (Å²) in [6.07, 6.45) is 3.18. The van der Waals surface area contributed by atoms with Crippen LogP contribution < -0.4 is 10.1 Å². The van der Waals surface area contributed by atoms with Crippen molar-refractivity contribution in [3.8, 4) is 5.88 Å². The SMILES string of the molecule is CNC(c1cc(OC)ncn1)c1cnnn1C. The Morgan fingerprint density at radius 1 is 1.41 bits per heavy atom. The number of hydrogen-bond donors (Lipinski definition) is 1. The molecule has 1 N–H and O–H groups in total. The Kier molecular flexibility index (Phi) is 3.29. The summed E-state index contributed by atoms with van der Waals surface area (Å²) >= 11 is 0. The first kappa shape index (κ1) is 11.5. The van der Waals surface area contributed by atoms with Gasteiger partial charge in [-0.3, -0.25) is 4.68 Å². The molecule has 0 spiro atoms. The molecular weight excluding hydrogens is 220 g/mol. The van der Waals surface area contributed by atoms with Gasteiger partial charge in [0.05, 0.1) is 30.7 Å². The molecule has 17 heavy (non-hydrogen) atoms. The van der Waals surface area contributed by atoms with E-state index in [9.17, 15) is 0 Å². The molecule has 7 nitrogen and oxygen atoms in total. The van der Waals surface area contributed by atoms with Crippen LogP contribution in [0, 0.1) is 0 Å². The smallest absolute Gasteiger partial charge is 0.216 e. The Bertz CT molecular complexity index is 497. The molecule has 0 saturated carbocycles. The summed E-state index contributed by atoms with van der Waals surface area (Å²) in [6, 6.07) is 1.70. The fourth-order valence-corrected chi connectivity index (χ4v) is 1.63. The number of hydrogen-bond acceptors (Lipinski definition) is 6. The van der Waals surface area contributed by atoms with Gasteiger partial charge in [-0.15, -0.1) is 5.10 Å². The minimum atomic E-state index is -0.0908. The van der Waals surface area contributed by atoms with Crippen LogP contribution in [0.25, 0.3) is 0 Å². The minimum Gasteiger partial charge on any atom is -0.481 e. The normalized spacial score (nSPS) is 12.4. The first-order chi connectivity index (χ1) is 8.26. The zero-order valence-corrected chi connectivity index (χ0v) is 9.95. The second kappa shape index (κ2) is 4.88. The first-order valence-electron chi connectivity index (χ1n) is 5.14. The van der Waals surface area contributed by atoms with Crippen molar-refractivity contribution < 1.29 is 4.74 Å². The van der Waals surface area contributed by atoms with Gasteiger partial charge in [0.1, 0.15) is 6.33 Å². The van der Waals surface area contributed by atoms with Crippen molar-refractivity contribution in [1.82, 2.24) is 30.3 Å². The molecule has 0 aliphatic heterocycles. The molecule has 0 bridgehead atoms. The Balaban J connectivity index is 2.38. The Morgan fingerprint density at radius 3 is 2.82 bits per heavy atom. The fraction of sp³-hybridized carbons (Fsp3) is 0.400. The standard InChI is InChI=1S/C10H14N6O/c1-11-10(8-5-14-15-16(8)2)7-4-9(17-3)13-6-12-7/h4-6,10-11H,1-3H3. The van der Waals surface area contributed by atoms with E-state index in [1.807, 2.05) is 14.1 Å². The van der Waals surface area contributed by atoms with E-state index in [-0.39, 0.29) is 6.04 Å². The van der Waals surface area contributed by atoms with Gasteiger partial charge in [-0.25, -0.2) is 9.97 Å². The second-order valence-electron chi connectivity index (χ2n) is 3.49. The quantitative estimate of drug-likeness (QED) is 0.797. The topological polar surface area (TPSA) is 77.8 Å². The lowest BCUT2D eigenvalue weighted by Gasteiger charge is -2.15. The highest BCUT2D eigenvalue weighted by Crippen LogP contribution is 2.20. The van der Waals surface area contributed by atoms with E-state index in [0.29, 0.717) is 5.88 Å². The average Bonchev–Trinajstić information content (AvgIpc) is 2.77. The van der Waals surface area contributed by atoms with E-state index in [2.05, 4.69) is 25.6 Å².